The van der Waals surface area contributed by atoms with Crippen LogP contribution in [0.1, 0.15) is 33.2 Å². The predicted octanol–water partition coefficient (Wildman–Crippen LogP) is 2.32. The number of anilines is 1. The number of ketones is 2. The van der Waals surface area contributed by atoms with Gasteiger partial charge >= 0.3 is 0 Å². The highest BCUT2D eigenvalue weighted by Gasteiger charge is 2.54. The van der Waals surface area contributed by atoms with Gasteiger partial charge in [-0.05, 0) is 19.1 Å². The maximum absolute atomic E-state index is 12.8. The summed E-state index contributed by atoms with van der Waals surface area (Å²) < 4.78 is 0. The van der Waals surface area contributed by atoms with E-state index >= 15 is 0 Å². The molecule has 0 atom stereocenters. The zero-order valence-electron chi connectivity index (χ0n) is 12.8. The third kappa shape index (κ3) is 2.40. The molecule has 0 unspecified atom stereocenters. The van der Waals surface area contributed by atoms with Crippen molar-refractivity contribution in [2.45, 2.75) is 19.5 Å². The van der Waals surface area contributed by atoms with Gasteiger partial charge in [-0.3, -0.25) is 14.4 Å². The van der Waals surface area contributed by atoms with Crippen LogP contribution in [-0.4, -0.2) is 23.1 Å². The van der Waals surface area contributed by atoms with Gasteiger partial charge < -0.3 is 10.6 Å². The summed E-state index contributed by atoms with van der Waals surface area (Å²) in [5.41, 5.74) is 0.470. The Morgan fingerprint density at radius 2 is 1.43 bits per heavy atom. The molecular weight excluding hydrogens is 292 g/mol. The minimum atomic E-state index is -1.79. The SMILES string of the molecule is CC(=O)NC1(Nc2ccc(C)cc2)C(=O)c2ccccc2C1=O. The molecule has 2 aromatic carbocycles. The van der Waals surface area contributed by atoms with Gasteiger partial charge in [-0.15, -0.1) is 0 Å². The second kappa shape index (κ2) is 5.35. The van der Waals surface area contributed by atoms with Gasteiger partial charge in [0, 0.05) is 23.7 Å². The van der Waals surface area contributed by atoms with Crippen LogP contribution in [0.2, 0.25) is 0 Å². The number of amides is 1. The van der Waals surface area contributed by atoms with Crippen molar-refractivity contribution in [2.75, 3.05) is 5.32 Å². The average Bonchev–Trinajstić information content (AvgIpc) is 2.72. The average molecular weight is 308 g/mol. The van der Waals surface area contributed by atoms with Gasteiger partial charge in [0.25, 0.3) is 0 Å². The highest BCUT2D eigenvalue weighted by Crippen LogP contribution is 2.31. The van der Waals surface area contributed by atoms with Gasteiger partial charge in [0.05, 0.1) is 0 Å². The van der Waals surface area contributed by atoms with E-state index in [1.54, 1.807) is 36.4 Å². The van der Waals surface area contributed by atoms with Crippen molar-refractivity contribution in [1.29, 1.82) is 0 Å². The smallest absolute Gasteiger partial charge is 0.240 e. The van der Waals surface area contributed by atoms with Crippen molar-refractivity contribution in [3.63, 3.8) is 0 Å². The first-order valence-electron chi connectivity index (χ1n) is 7.26. The van der Waals surface area contributed by atoms with E-state index in [2.05, 4.69) is 10.6 Å². The van der Waals surface area contributed by atoms with Crippen LogP contribution < -0.4 is 10.6 Å². The molecule has 0 fully saturated rings. The first kappa shape index (κ1) is 15.0. The number of fused-ring (bicyclic) bond motifs is 1. The molecule has 5 nitrogen and oxygen atoms in total. The summed E-state index contributed by atoms with van der Waals surface area (Å²) in [6, 6.07) is 13.8. The fourth-order valence-electron chi connectivity index (χ4n) is 2.76. The van der Waals surface area contributed by atoms with Gasteiger partial charge in [0.2, 0.25) is 23.1 Å². The third-order valence-corrected chi connectivity index (χ3v) is 3.84. The summed E-state index contributed by atoms with van der Waals surface area (Å²) in [6.07, 6.45) is 0. The summed E-state index contributed by atoms with van der Waals surface area (Å²) in [5, 5.41) is 5.44. The first-order valence-corrected chi connectivity index (χ1v) is 7.26. The number of Topliss-reactive ketones (excluding diaryl/α,β-unsaturated/α-hetero) is 2. The fourth-order valence-corrected chi connectivity index (χ4v) is 2.76. The van der Waals surface area contributed by atoms with E-state index < -0.39 is 23.1 Å². The number of hydrogen-bond acceptors (Lipinski definition) is 4. The lowest BCUT2D eigenvalue weighted by molar-refractivity contribution is -0.119. The van der Waals surface area contributed by atoms with Crippen LogP contribution in [0, 0.1) is 6.92 Å². The van der Waals surface area contributed by atoms with Crippen LogP contribution in [-0.2, 0) is 4.79 Å². The number of carbonyl (C=O) groups is 3. The fraction of sp³-hybridized carbons (Fsp3) is 0.167. The molecule has 5 heteroatoms. The molecule has 1 amide bonds. The number of rotatable bonds is 3. The number of aryl methyl sites for hydroxylation is 1. The number of nitrogens with one attached hydrogen (secondary N) is 2. The Bertz CT molecular complexity index is 774. The van der Waals surface area contributed by atoms with Crippen molar-refractivity contribution in [3.05, 3.63) is 65.2 Å². The van der Waals surface area contributed by atoms with Crippen LogP contribution in [0.15, 0.2) is 48.5 Å². The van der Waals surface area contributed by atoms with Crippen LogP contribution in [0.5, 0.6) is 0 Å². The largest absolute Gasteiger partial charge is 0.350 e. The van der Waals surface area contributed by atoms with Gasteiger partial charge in [0.1, 0.15) is 0 Å². The summed E-state index contributed by atoms with van der Waals surface area (Å²) in [5.74, 6) is -1.36. The van der Waals surface area contributed by atoms with Gasteiger partial charge in [-0.2, -0.15) is 0 Å². The Kier molecular flexibility index (Phi) is 3.48. The van der Waals surface area contributed by atoms with E-state index in [9.17, 15) is 14.4 Å². The summed E-state index contributed by atoms with van der Waals surface area (Å²) in [4.78, 5) is 37.3. The van der Waals surface area contributed by atoms with E-state index in [4.69, 9.17) is 0 Å². The Hall–Kier alpha value is -2.95. The maximum atomic E-state index is 12.8. The number of benzene rings is 2. The molecular formula is C18H16N2O3. The van der Waals surface area contributed by atoms with E-state index in [-0.39, 0.29) is 0 Å². The Labute approximate surface area is 133 Å². The topological polar surface area (TPSA) is 75.3 Å². The lowest BCUT2D eigenvalue weighted by Crippen LogP contribution is -2.61. The Morgan fingerprint density at radius 3 is 1.91 bits per heavy atom. The number of hydrogen-bond donors (Lipinski definition) is 2. The molecule has 3 rings (SSSR count). The molecule has 116 valence electrons. The Balaban J connectivity index is 2.08. The maximum Gasteiger partial charge on any atom is 0.240 e. The van der Waals surface area contributed by atoms with E-state index in [0.29, 0.717) is 16.8 Å². The molecule has 0 saturated heterocycles. The Morgan fingerprint density at radius 1 is 0.913 bits per heavy atom. The van der Waals surface area contributed by atoms with Gasteiger partial charge in [-0.25, -0.2) is 0 Å². The molecule has 0 aromatic heterocycles. The molecule has 1 aliphatic rings. The van der Waals surface area contributed by atoms with Crippen LogP contribution in [0.4, 0.5) is 5.69 Å². The second-order valence-electron chi connectivity index (χ2n) is 5.63. The van der Waals surface area contributed by atoms with Crippen molar-refractivity contribution in [2.24, 2.45) is 0 Å². The minimum Gasteiger partial charge on any atom is -0.350 e. The molecule has 23 heavy (non-hydrogen) atoms. The van der Waals surface area contributed by atoms with Crippen LogP contribution in [0.3, 0.4) is 0 Å². The van der Waals surface area contributed by atoms with Gasteiger partial charge in [0.15, 0.2) is 0 Å². The standard InChI is InChI=1S/C18H16N2O3/c1-11-7-9-13(10-8-11)20-18(19-12(2)21)16(22)14-5-3-4-6-15(14)17(18)23/h3-10,20H,1-2H3,(H,19,21). The summed E-state index contributed by atoms with van der Waals surface area (Å²) >= 11 is 0. The van der Waals surface area contributed by atoms with E-state index in [1.165, 1.54) is 6.92 Å². The predicted molar refractivity (Wildman–Crippen MR) is 86.5 cm³/mol. The molecule has 0 spiro atoms. The molecule has 0 bridgehead atoms. The molecule has 0 heterocycles. The lowest BCUT2D eigenvalue weighted by Gasteiger charge is -2.28. The van der Waals surface area contributed by atoms with Crippen molar-refractivity contribution >= 4 is 23.2 Å². The summed E-state index contributed by atoms with van der Waals surface area (Å²) in [6.45, 7) is 3.22. The van der Waals surface area contributed by atoms with E-state index in [1.807, 2.05) is 19.1 Å². The lowest BCUT2D eigenvalue weighted by atomic mass is 10.0. The molecule has 0 aliphatic heterocycles. The molecule has 1 aliphatic carbocycles. The highest BCUT2D eigenvalue weighted by atomic mass is 16.2. The normalized spacial score (nSPS) is 15.2. The molecule has 2 aromatic rings. The molecule has 2 N–H and O–H groups in total. The van der Waals surface area contributed by atoms with Crippen molar-refractivity contribution in [1.82, 2.24) is 5.32 Å². The monoisotopic (exact) mass is 308 g/mol. The first-order chi connectivity index (χ1) is 10.9. The van der Waals surface area contributed by atoms with Gasteiger partial charge in [-0.1, -0.05) is 42.0 Å². The zero-order chi connectivity index (χ0) is 16.6. The zero-order valence-corrected chi connectivity index (χ0v) is 12.8. The van der Waals surface area contributed by atoms with Crippen LogP contribution in [0.25, 0.3) is 0 Å². The molecule has 0 radical (unpaired) electrons. The van der Waals surface area contributed by atoms with E-state index in [0.717, 1.165) is 5.56 Å². The quantitative estimate of drug-likeness (QED) is 0.674. The number of carbonyl (C=O) groups excluding carboxylic acids is 3. The second-order valence-corrected chi connectivity index (χ2v) is 5.63. The summed E-state index contributed by atoms with van der Waals surface area (Å²) in [7, 11) is 0. The van der Waals surface area contributed by atoms with Crippen molar-refractivity contribution < 1.29 is 14.4 Å². The third-order valence-electron chi connectivity index (χ3n) is 3.84. The molecule has 0 saturated carbocycles. The van der Waals surface area contributed by atoms with Crippen LogP contribution >= 0.6 is 0 Å². The van der Waals surface area contributed by atoms with Crippen molar-refractivity contribution in [3.8, 4) is 0 Å². The highest BCUT2D eigenvalue weighted by molar-refractivity contribution is 6.34. The minimum absolute atomic E-state index is 0.311.